The normalized spacial score (nSPS) is 13.4. The minimum Gasteiger partial charge on any atom is -0.312 e. The summed E-state index contributed by atoms with van der Waals surface area (Å²) in [7, 11) is 0. The van der Waals surface area contributed by atoms with E-state index in [4.69, 9.17) is 5.84 Å². The van der Waals surface area contributed by atoms with Crippen LogP contribution in [0.5, 0.6) is 0 Å². The third-order valence-corrected chi connectivity index (χ3v) is 1.12. The van der Waals surface area contributed by atoms with Crippen molar-refractivity contribution in [3.05, 3.63) is 0 Å². The van der Waals surface area contributed by atoms with E-state index in [1.165, 1.54) is 0 Å². The summed E-state index contributed by atoms with van der Waals surface area (Å²) in [6.45, 7) is 8.27. The van der Waals surface area contributed by atoms with Gasteiger partial charge in [-0.05, 0) is 27.2 Å². The molecular formula is C8H19N3. The fourth-order valence-electron chi connectivity index (χ4n) is 0.802. The highest BCUT2D eigenvalue weighted by Gasteiger charge is 2.08. The van der Waals surface area contributed by atoms with Crippen LogP contribution in [0.2, 0.25) is 0 Å². The highest BCUT2D eigenvalue weighted by Crippen LogP contribution is 2.07. The summed E-state index contributed by atoms with van der Waals surface area (Å²) >= 11 is 0. The molecule has 3 nitrogen and oxygen atoms in total. The first kappa shape index (κ1) is 10.4. The quantitative estimate of drug-likeness (QED) is 0.276. The van der Waals surface area contributed by atoms with Gasteiger partial charge in [-0.25, -0.2) is 5.84 Å². The van der Waals surface area contributed by atoms with Crippen molar-refractivity contribution in [1.82, 2.24) is 5.43 Å². The largest absolute Gasteiger partial charge is 0.312 e. The second-order valence-corrected chi connectivity index (χ2v) is 3.62. The molecule has 0 radical (unpaired) electrons. The summed E-state index contributed by atoms with van der Waals surface area (Å²) in [5.41, 5.74) is 2.58. The van der Waals surface area contributed by atoms with E-state index in [9.17, 15) is 0 Å². The second kappa shape index (κ2) is 4.34. The lowest BCUT2D eigenvalue weighted by Crippen LogP contribution is -2.32. The number of amidine groups is 1. The molecule has 0 saturated carbocycles. The molecule has 0 aromatic rings. The number of nitrogens with two attached hydrogens (primary N) is 1. The number of hydrogen-bond acceptors (Lipinski definition) is 2. The molecule has 66 valence electrons. The number of hydrogen-bond donors (Lipinski definition) is 2. The Morgan fingerprint density at radius 3 is 2.27 bits per heavy atom. The van der Waals surface area contributed by atoms with Crippen LogP contribution >= 0.6 is 0 Å². The van der Waals surface area contributed by atoms with Gasteiger partial charge in [-0.3, -0.25) is 4.99 Å². The van der Waals surface area contributed by atoms with Gasteiger partial charge in [0, 0.05) is 6.42 Å². The Hall–Kier alpha value is -0.570. The maximum Gasteiger partial charge on any atom is 0.111 e. The fourth-order valence-corrected chi connectivity index (χ4v) is 0.802. The van der Waals surface area contributed by atoms with Gasteiger partial charge in [-0.2, -0.15) is 0 Å². The van der Waals surface area contributed by atoms with Gasteiger partial charge in [-0.15, -0.1) is 0 Å². The van der Waals surface area contributed by atoms with Crippen molar-refractivity contribution < 1.29 is 0 Å². The predicted octanol–water partition coefficient (Wildman–Crippen LogP) is 1.45. The fraction of sp³-hybridized carbons (Fsp3) is 0.875. The number of hydrazine groups is 1. The molecule has 0 heterocycles. The number of rotatable bonds is 2. The standard InChI is InChI=1S/C8H19N3/c1-5-6-7(11-9)10-8(2,3)4/h5-6,9H2,1-4H3,(H,10,11). The molecule has 0 aromatic carbocycles. The van der Waals surface area contributed by atoms with Gasteiger partial charge in [0.25, 0.3) is 0 Å². The van der Waals surface area contributed by atoms with Gasteiger partial charge in [0.1, 0.15) is 5.84 Å². The lowest BCUT2D eigenvalue weighted by Gasteiger charge is -2.15. The van der Waals surface area contributed by atoms with Gasteiger partial charge in [0.15, 0.2) is 0 Å². The predicted molar refractivity (Wildman–Crippen MR) is 49.4 cm³/mol. The Bertz CT molecular complexity index is 133. The monoisotopic (exact) mass is 157 g/mol. The molecule has 0 saturated heterocycles. The lowest BCUT2D eigenvalue weighted by atomic mass is 10.1. The Balaban J connectivity index is 4.11. The zero-order chi connectivity index (χ0) is 8.91. The molecule has 11 heavy (non-hydrogen) atoms. The van der Waals surface area contributed by atoms with Crippen molar-refractivity contribution in [2.45, 2.75) is 46.1 Å². The van der Waals surface area contributed by atoms with Crippen LogP contribution in [-0.4, -0.2) is 11.4 Å². The average Bonchev–Trinajstić information content (AvgIpc) is 1.84. The zero-order valence-electron chi connectivity index (χ0n) is 7.94. The summed E-state index contributed by atoms with van der Waals surface area (Å²) in [4.78, 5) is 4.40. The average molecular weight is 157 g/mol. The van der Waals surface area contributed by atoms with Crippen LogP contribution in [0.3, 0.4) is 0 Å². The van der Waals surface area contributed by atoms with E-state index in [2.05, 4.69) is 38.1 Å². The van der Waals surface area contributed by atoms with Gasteiger partial charge < -0.3 is 5.43 Å². The lowest BCUT2D eigenvalue weighted by molar-refractivity contribution is 0.576. The molecular weight excluding hydrogens is 138 g/mol. The van der Waals surface area contributed by atoms with Gasteiger partial charge in [0.2, 0.25) is 0 Å². The van der Waals surface area contributed by atoms with Crippen molar-refractivity contribution in [2.75, 3.05) is 0 Å². The molecule has 0 aliphatic rings. The Kier molecular flexibility index (Phi) is 4.11. The minimum atomic E-state index is -0.0309. The van der Waals surface area contributed by atoms with E-state index in [0.717, 1.165) is 18.7 Å². The van der Waals surface area contributed by atoms with Crippen molar-refractivity contribution in [3.63, 3.8) is 0 Å². The molecule has 0 aliphatic heterocycles. The van der Waals surface area contributed by atoms with Crippen molar-refractivity contribution in [2.24, 2.45) is 10.8 Å². The molecule has 0 atom stereocenters. The molecule has 0 spiro atoms. The van der Waals surface area contributed by atoms with Crippen LogP contribution in [0.4, 0.5) is 0 Å². The molecule has 0 aliphatic carbocycles. The van der Waals surface area contributed by atoms with E-state index < -0.39 is 0 Å². The summed E-state index contributed by atoms with van der Waals surface area (Å²) < 4.78 is 0. The van der Waals surface area contributed by atoms with Gasteiger partial charge in [-0.1, -0.05) is 6.92 Å². The SMILES string of the molecule is CCCC(=NC(C)(C)C)NN. The van der Waals surface area contributed by atoms with Crippen molar-refractivity contribution in [3.8, 4) is 0 Å². The van der Waals surface area contributed by atoms with Crippen LogP contribution in [-0.2, 0) is 0 Å². The third-order valence-electron chi connectivity index (χ3n) is 1.12. The maximum atomic E-state index is 5.29. The first-order valence-electron chi connectivity index (χ1n) is 4.05. The summed E-state index contributed by atoms with van der Waals surface area (Å²) in [5.74, 6) is 6.17. The van der Waals surface area contributed by atoms with Crippen LogP contribution < -0.4 is 11.3 Å². The minimum absolute atomic E-state index is 0.0309. The summed E-state index contributed by atoms with van der Waals surface area (Å²) in [6, 6.07) is 0. The molecule has 0 aromatic heterocycles. The van der Waals surface area contributed by atoms with E-state index in [1.807, 2.05) is 0 Å². The van der Waals surface area contributed by atoms with Crippen LogP contribution in [0.15, 0.2) is 4.99 Å². The first-order valence-corrected chi connectivity index (χ1v) is 4.05. The van der Waals surface area contributed by atoms with Crippen molar-refractivity contribution >= 4 is 5.84 Å². The highest BCUT2D eigenvalue weighted by molar-refractivity contribution is 5.81. The third kappa shape index (κ3) is 5.85. The van der Waals surface area contributed by atoms with E-state index >= 15 is 0 Å². The van der Waals surface area contributed by atoms with Crippen LogP contribution in [0, 0.1) is 0 Å². The molecule has 0 unspecified atom stereocenters. The number of aliphatic imine (C=N–C) groups is 1. The van der Waals surface area contributed by atoms with Gasteiger partial charge in [0.05, 0.1) is 5.54 Å². The number of nitrogens with one attached hydrogen (secondary N) is 1. The molecule has 0 rings (SSSR count). The maximum absolute atomic E-state index is 5.29. The summed E-state index contributed by atoms with van der Waals surface area (Å²) in [6.07, 6.45) is 1.99. The Morgan fingerprint density at radius 1 is 1.45 bits per heavy atom. The van der Waals surface area contributed by atoms with E-state index in [0.29, 0.717) is 0 Å². The highest BCUT2D eigenvalue weighted by atomic mass is 15.3. The first-order chi connectivity index (χ1) is 4.99. The van der Waals surface area contributed by atoms with E-state index in [1.54, 1.807) is 0 Å². The zero-order valence-corrected chi connectivity index (χ0v) is 7.94. The van der Waals surface area contributed by atoms with Crippen molar-refractivity contribution in [1.29, 1.82) is 0 Å². The second-order valence-electron chi connectivity index (χ2n) is 3.62. The molecule has 3 heteroatoms. The molecule has 0 fully saturated rings. The number of nitrogens with zero attached hydrogens (tertiary/aromatic N) is 1. The van der Waals surface area contributed by atoms with Crippen LogP contribution in [0.25, 0.3) is 0 Å². The topological polar surface area (TPSA) is 50.4 Å². The molecule has 0 bridgehead atoms. The van der Waals surface area contributed by atoms with Gasteiger partial charge >= 0.3 is 0 Å². The smallest absolute Gasteiger partial charge is 0.111 e. The Labute approximate surface area is 69.0 Å². The van der Waals surface area contributed by atoms with Crippen LogP contribution in [0.1, 0.15) is 40.5 Å². The summed E-state index contributed by atoms with van der Waals surface area (Å²) in [5, 5.41) is 0. The van der Waals surface area contributed by atoms with E-state index in [-0.39, 0.29) is 5.54 Å². The Morgan fingerprint density at radius 2 is 2.00 bits per heavy atom. The molecule has 0 amide bonds. The molecule has 3 N–H and O–H groups in total.